The quantitative estimate of drug-likeness (QED) is 0.894. The van der Waals surface area contributed by atoms with Gasteiger partial charge in [-0.05, 0) is 64.4 Å². The van der Waals surface area contributed by atoms with Gasteiger partial charge in [0.2, 0.25) is 5.91 Å². The fourth-order valence-electron chi connectivity index (χ4n) is 2.99. The van der Waals surface area contributed by atoms with E-state index in [0.717, 1.165) is 36.3 Å². The number of nitrogens with zero attached hydrogens (tertiary/aromatic N) is 1. The SMILES string of the molecule is Cc1cccc(C)c1NC(=O)CN(C)C1CCCNCC1.Cl. The van der Waals surface area contributed by atoms with Gasteiger partial charge in [-0.3, -0.25) is 9.69 Å². The Morgan fingerprint density at radius 2 is 1.95 bits per heavy atom. The summed E-state index contributed by atoms with van der Waals surface area (Å²) < 4.78 is 0. The van der Waals surface area contributed by atoms with Crippen LogP contribution in [0.4, 0.5) is 5.69 Å². The van der Waals surface area contributed by atoms with E-state index in [-0.39, 0.29) is 18.3 Å². The van der Waals surface area contributed by atoms with Crippen molar-refractivity contribution in [2.45, 2.75) is 39.2 Å². The number of halogens is 1. The molecule has 0 aromatic heterocycles. The topological polar surface area (TPSA) is 44.4 Å². The minimum absolute atomic E-state index is 0. The van der Waals surface area contributed by atoms with Gasteiger partial charge in [-0.25, -0.2) is 0 Å². The monoisotopic (exact) mass is 325 g/mol. The lowest BCUT2D eigenvalue weighted by Crippen LogP contribution is -2.38. The van der Waals surface area contributed by atoms with Crippen molar-refractivity contribution in [3.63, 3.8) is 0 Å². The van der Waals surface area contributed by atoms with Crippen molar-refractivity contribution in [3.8, 4) is 0 Å². The van der Waals surface area contributed by atoms with Gasteiger partial charge in [0, 0.05) is 11.7 Å². The number of nitrogens with one attached hydrogen (secondary N) is 2. The summed E-state index contributed by atoms with van der Waals surface area (Å²) in [7, 11) is 2.06. The molecule has 4 nitrogen and oxygen atoms in total. The highest BCUT2D eigenvalue weighted by Crippen LogP contribution is 2.19. The summed E-state index contributed by atoms with van der Waals surface area (Å²) >= 11 is 0. The van der Waals surface area contributed by atoms with Crippen LogP contribution in [0.5, 0.6) is 0 Å². The van der Waals surface area contributed by atoms with Gasteiger partial charge in [-0.2, -0.15) is 0 Å². The number of carbonyl (C=O) groups excluding carboxylic acids is 1. The number of para-hydroxylation sites is 1. The lowest BCUT2D eigenvalue weighted by atomic mass is 10.1. The summed E-state index contributed by atoms with van der Waals surface area (Å²) in [6.07, 6.45) is 3.47. The molecule has 1 aromatic rings. The van der Waals surface area contributed by atoms with Crippen molar-refractivity contribution >= 4 is 24.0 Å². The Kier molecular flexibility index (Phi) is 7.87. The summed E-state index contributed by atoms with van der Waals surface area (Å²) in [6, 6.07) is 6.58. The van der Waals surface area contributed by atoms with E-state index >= 15 is 0 Å². The number of rotatable bonds is 4. The average Bonchev–Trinajstić information content (AvgIpc) is 2.72. The molecule has 1 aliphatic heterocycles. The maximum atomic E-state index is 12.3. The first-order valence-electron chi connectivity index (χ1n) is 7.85. The highest BCUT2D eigenvalue weighted by atomic mass is 35.5. The van der Waals surface area contributed by atoms with Crippen LogP contribution >= 0.6 is 12.4 Å². The van der Waals surface area contributed by atoms with Crippen LogP contribution < -0.4 is 10.6 Å². The third-order valence-corrected chi connectivity index (χ3v) is 4.31. The van der Waals surface area contributed by atoms with Gasteiger partial charge >= 0.3 is 0 Å². The summed E-state index contributed by atoms with van der Waals surface area (Å²) in [4.78, 5) is 14.5. The molecule has 1 aliphatic rings. The fourth-order valence-corrected chi connectivity index (χ4v) is 2.99. The van der Waals surface area contributed by atoms with E-state index < -0.39 is 0 Å². The van der Waals surface area contributed by atoms with Crippen molar-refractivity contribution < 1.29 is 4.79 Å². The molecule has 0 saturated carbocycles. The number of hydrogen-bond acceptors (Lipinski definition) is 3. The fraction of sp³-hybridized carbons (Fsp3) is 0.588. The van der Waals surface area contributed by atoms with Gasteiger partial charge in [0.05, 0.1) is 6.54 Å². The van der Waals surface area contributed by atoms with Crippen LogP contribution in [0.2, 0.25) is 0 Å². The minimum atomic E-state index is 0. The molecule has 2 rings (SSSR count). The predicted octanol–water partition coefficient (Wildman–Crippen LogP) is 2.74. The zero-order valence-electron chi connectivity index (χ0n) is 13.8. The average molecular weight is 326 g/mol. The number of anilines is 1. The zero-order valence-corrected chi connectivity index (χ0v) is 14.6. The number of hydrogen-bond donors (Lipinski definition) is 2. The number of aryl methyl sites for hydroxylation is 2. The van der Waals surface area contributed by atoms with Crippen molar-refractivity contribution in [1.82, 2.24) is 10.2 Å². The molecular formula is C17H28ClN3O. The van der Waals surface area contributed by atoms with Crippen molar-refractivity contribution in [2.24, 2.45) is 0 Å². The van der Waals surface area contributed by atoms with E-state index in [1.165, 1.54) is 12.8 Å². The van der Waals surface area contributed by atoms with Crippen molar-refractivity contribution in [2.75, 3.05) is 32.0 Å². The maximum absolute atomic E-state index is 12.3. The molecule has 0 radical (unpaired) electrons. The van der Waals surface area contributed by atoms with E-state index in [2.05, 4.69) is 22.6 Å². The normalized spacial score (nSPS) is 18.5. The van der Waals surface area contributed by atoms with Crippen LogP contribution in [0.25, 0.3) is 0 Å². The summed E-state index contributed by atoms with van der Waals surface area (Å²) in [5.74, 6) is 0.0760. The Balaban J connectivity index is 0.00000242. The van der Waals surface area contributed by atoms with Crippen LogP contribution in [0.1, 0.15) is 30.4 Å². The zero-order chi connectivity index (χ0) is 15.2. The number of amides is 1. The molecule has 1 saturated heterocycles. The molecular weight excluding hydrogens is 298 g/mol. The second kappa shape index (κ2) is 9.13. The first-order valence-corrected chi connectivity index (χ1v) is 7.85. The highest BCUT2D eigenvalue weighted by molar-refractivity contribution is 5.93. The molecule has 0 bridgehead atoms. The summed E-state index contributed by atoms with van der Waals surface area (Å²) in [5, 5.41) is 6.48. The molecule has 0 aliphatic carbocycles. The van der Waals surface area contributed by atoms with E-state index in [1.807, 2.05) is 32.0 Å². The first kappa shape index (κ1) is 18.9. The van der Waals surface area contributed by atoms with Crippen molar-refractivity contribution in [3.05, 3.63) is 29.3 Å². The molecule has 1 fully saturated rings. The number of carbonyl (C=O) groups is 1. The number of likely N-dealkylation sites (N-methyl/N-ethyl adjacent to an activating group) is 1. The summed E-state index contributed by atoms with van der Waals surface area (Å²) in [5.41, 5.74) is 3.19. The van der Waals surface area contributed by atoms with Gasteiger partial charge in [0.25, 0.3) is 0 Å². The van der Waals surface area contributed by atoms with Gasteiger partial charge in [-0.1, -0.05) is 18.2 Å². The lowest BCUT2D eigenvalue weighted by molar-refractivity contribution is -0.117. The molecule has 1 atom stereocenters. The Morgan fingerprint density at radius 1 is 1.27 bits per heavy atom. The minimum Gasteiger partial charge on any atom is -0.324 e. The smallest absolute Gasteiger partial charge is 0.238 e. The third kappa shape index (κ3) is 5.27. The van der Waals surface area contributed by atoms with E-state index in [1.54, 1.807) is 0 Å². The van der Waals surface area contributed by atoms with Crippen LogP contribution in [-0.2, 0) is 4.79 Å². The van der Waals surface area contributed by atoms with Crippen LogP contribution in [0.3, 0.4) is 0 Å². The Morgan fingerprint density at radius 3 is 2.64 bits per heavy atom. The molecule has 1 aromatic carbocycles. The van der Waals surface area contributed by atoms with Crippen LogP contribution in [-0.4, -0.2) is 43.5 Å². The maximum Gasteiger partial charge on any atom is 0.238 e. The Labute approximate surface area is 140 Å². The molecule has 124 valence electrons. The van der Waals surface area contributed by atoms with E-state index in [0.29, 0.717) is 12.6 Å². The first-order chi connectivity index (χ1) is 10.1. The Hall–Kier alpha value is -1.10. The molecule has 1 heterocycles. The van der Waals surface area contributed by atoms with Crippen LogP contribution in [0.15, 0.2) is 18.2 Å². The predicted molar refractivity (Wildman–Crippen MR) is 94.9 cm³/mol. The lowest BCUT2D eigenvalue weighted by Gasteiger charge is -2.26. The second-order valence-corrected chi connectivity index (χ2v) is 6.06. The number of benzene rings is 1. The molecule has 1 amide bonds. The second-order valence-electron chi connectivity index (χ2n) is 6.06. The molecule has 2 N–H and O–H groups in total. The van der Waals surface area contributed by atoms with Crippen molar-refractivity contribution in [1.29, 1.82) is 0 Å². The van der Waals surface area contributed by atoms with Crippen LogP contribution in [0, 0.1) is 13.8 Å². The standard InChI is InChI=1S/C17H27N3O.ClH/c1-13-6-4-7-14(2)17(13)19-16(21)12-20(3)15-8-5-10-18-11-9-15;/h4,6-7,15,18H,5,8-12H2,1-3H3,(H,19,21);1H. The van der Waals surface area contributed by atoms with Gasteiger partial charge in [0.1, 0.15) is 0 Å². The molecule has 22 heavy (non-hydrogen) atoms. The van der Waals surface area contributed by atoms with E-state index in [9.17, 15) is 4.79 Å². The Bertz CT molecular complexity index is 465. The van der Waals surface area contributed by atoms with E-state index in [4.69, 9.17) is 0 Å². The highest BCUT2D eigenvalue weighted by Gasteiger charge is 2.19. The van der Waals surface area contributed by atoms with Gasteiger partial charge in [0.15, 0.2) is 0 Å². The molecule has 0 spiro atoms. The molecule has 5 heteroatoms. The third-order valence-electron chi connectivity index (χ3n) is 4.31. The summed E-state index contributed by atoms with van der Waals surface area (Å²) in [6.45, 7) is 6.66. The van der Waals surface area contributed by atoms with Gasteiger partial charge < -0.3 is 10.6 Å². The van der Waals surface area contributed by atoms with Gasteiger partial charge in [-0.15, -0.1) is 12.4 Å². The largest absolute Gasteiger partial charge is 0.324 e. The molecule has 1 unspecified atom stereocenters.